The van der Waals surface area contributed by atoms with Crippen molar-refractivity contribution in [1.29, 1.82) is 0 Å². The van der Waals surface area contributed by atoms with Crippen LogP contribution in [0.1, 0.15) is 6.92 Å². The highest BCUT2D eigenvalue weighted by molar-refractivity contribution is 7.96. The van der Waals surface area contributed by atoms with Gasteiger partial charge in [0.15, 0.2) is 4.91 Å². The lowest BCUT2D eigenvalue weighted by Crippen LogP contribution is -2.19. The summed E-state index contributed by atoms with van der Waals surface area (Å²) >= 11 is 0. The van der Waals surface area contributed by atoms with Crippen LogP contribution in [0.4, 0.5) is 4.39 Å². The molecular formula is C13H16FNO4S. The highest BCUT2D eigenvalue weighted by Gasteiger charge is 2.28. The molecule has 0 N–H and O–H groups in total. The van der Waals surface area contributed by atoms with E-state index in [1.165, 1.54) is 4.90 Å². The summed E-state index contributed by atoms with van der Waals surface area (Å²) in [6.07, 6.45) is 1.16. The maximum atomic E-state index is 12.9. The molecule has 0 aliphatic heterocycles. The molecule has 0 spiro atoms. The van der Waals surface area contributed by atoms with Crippen LogP contribution < -0.4 is 0 Å². The first-order valence-electron chi connectivity index (χ1n) is 5.85. The van der Waals surface area contributed by atoms with Gasteiger partial charge >= 0.3 is 5.97 Å². The van der Waals surface area contributed by atoms with E-state index in [-0.39, 0.29) is 11.5 Å². The SMILES string of the molecule is CCOC(=O)C(=CN(C)C)S(=O)(=O)c1ccc(F)cc1. The lowest BCUT2D eigenvalue weighted by Gasteiger charge is -2.12. The summed E-state index contributed by atoms with van der Waals surface area (Å²) < 4.78 is 42.4. The van der Waals surface area contributed by atoms with E-state index < -0.39 is 26.5 Å². The van der Waals surface area contributed by atoms with E-state index in [2.05, 4.69) is 0 Å². The number of nitrogens with zero attached hydrogens (tertiary/aromatic N) is 1. The van der Waals surface area contributed by atoms with Crippen molar-refractivity contribution in [3.8, 4) is 0 Å². The molecule has 20 heavy (non-hydrogen) atoms. The Morgan fingerprint density at radius 3 is 2.30 bits per heavy atom. The molecule has 0 aromatic heterocycles. The molecule has 0 unspecified atom stereocenters. The Hall–Kier alpha value is -1.89. The first-order chi connectivity index (χ1) is 9.28. The van der Waals surface area contributed by atoms with Gasteiger partial charge in [-0.25, -0.2) is 17.6 Å². The fourth-order valence-electron chi connectivity index (χ4n) is 1.41. The molecular weight excluding hydrogens is 285 g/mol. The zero-order valence-corrected chi connectivity index (χ0v) is 12.3. The molecule has 7 heteroatoms. The highest BCUT2D eigenvalue weighted by atomic mass is 32.2. The molecule has 0 aliphatic carbocycles. The van der Waals surface area contributed by atoms with E-state index in [0.29, 0.717) is 0 Å². The van der Waals surface area contributed by atoms with Crippen LogP contribution in [0.5, 0.6) is 0 Å². The molecule has 0 heterocycles. The van der Waals surface area contributed by atoms with E-state index in [1.807, 2.05) is 0 Å². The van der Waals surface area contributed by atoms with Crippen molar-refractivity contribution in [1.82, 2.24) is 4.90 Å². The summed E-state index contributed by atoms with van der Waals surface area (Å²) in [6.45, 7) is 1.64. The smallest absolute Gasteiger partial charge is 0.351 e. The molecule has 110 valence electrons. The Morgan fingerprint density at radius 2 is 1.85 bits per heavy atom. The molecule has 1 aromatic carbocycles. The van der Waals surface area contributed by atoms with Gasteiger partial charge in [0, 0.05) is 20.3 Å². The van der Waals surface area contributed by atoms with Crippen LogP contribution in [0.25, 0.3) is 0 Å². The predicted molar refractivity (Wildman–Crippen MR) is 72.0 cm³/mol. The molecule has 0 amide bonds. The number of ether oxygens (including phenoxy) is 1. The Kier molecular flexibility index (Phi) is 5.26. The number of esters is 1. The average Bonchev–Trinajstić information content (AvgIpc) is 2.36. The van der Waals surface area contributed by atoms with Gasteiger partial charge in [-0.1, -0.05) is 0 Å². The molecule has 1 aromatic rings. The number of benzene rings is 1. The third-order valence-corrected chi connectivity index (χ3v) is 4.01. The van der Waals surface area contributed by atoms with Gasteiger partial charge in [0.25, 0.3) is 0 Å². The van der Waals surface area contributed by atoms with Crippen LogP contribution in [0.15, 0.2) is 40.3 Å². The van der Waals surface area contributed by atoms with Gasteiger partial charge in [-0.05, 0) is 31.2 Å². The summed E-state index contributed by atoms with van der Waals surface area (Å²) in [5.41, 5.74) is 0. The minimum atomic E-state index is -4.06. The van der Waals surface area contributed by atoms with E-state index >= 15 is 0 Å². The summed E-state index contributed by atoms with van der Waals surface area (Å²) in [7, 11) is -0.891. The minimum Gasteiger partial charge on any atom is -0.462 e. The van der Waals surface area contributed by atoms with Gasteiger partial charge in [0.2, 0.25) is 9.84 Å². The molecule has 5 nitrogen and oxygen atoms in total. The summed E-state index contributed by atoms with van der Waals surface area (Å²) in [5.74, 6) is -1.50. The molecule has 1 rings (SSSR count). The third-order valence-electron chi connectivity index (χ3n) is 2.27. The largest absolute Gasteiger partial charge is 0.462 e. The second-order valence-electron chi connectivity index (χ2n) is 4.13. The van der Waals surface area contributed by atoms with E-state index in [0.717, 1.165) is 30.5 Å². The van der Waals surface area contributed by atoms with Crippen LogP contribution in [0.3, 0.4) is 0 Å². The second-order valence-corrected chi connectivity index (χ2v) is 6.05. The Morgan fingerprint density at radius 1 is 1.30 bits per heavy atom. The molecule has 0 saturated carbocycles. The van der Waals surface area contributed by atoms with Gasteiger partial charge in [-0.2, -0.15) is 0 Å². The van der Waals surface area contributed by atoms with Crippen molar-refractivity contribution >= 4 is 15.8 Å². The van der Waals surface area contributed by atoms with E-state index in [1.54, 1.807) is 21.0 Å². The van der Waals surface area contributed by atoms with Crippen molar-refractivity contribution in [2.75, 3.05) is 20.7 Å². The number of halogens is 1. The van der Waals surface area contributed by atoms with E-state index in [4.69, 9.17) is 4.74 Å². The lowest BCUT2D eigenvalue weighted by atomic mass is 10.4. The Labute approximate surface area is 117 Å². The van der Waals surface area contributed by atoms with Crippen molar-refractivity contribution in [3.63, 3.8) is 0 Å². The zero-order chi connectivity index (χ0) is 15.3. The lowest BCUT2D eigenvalue weighted by molar-refractivity contribution is -0.137. The maximum Gasteiger partial charge on any atom is 0.351 e. The fourth-order valence-corrected chi connectivity index (χ4v) is 2.79. The predicted octanol–water partition coefficient (Wildman–Crippen LogP) is 1.57. The molecule has 0 aliphatic rings. The van der Waals surface area contributed by atoms with Crippen molar-refractivity contribution in [2.24, 2.45) is 0 Å². The van der Waals surface area contributed by atoms with Gasteiger partial charge in [-0.15, -0.1) is 0 Å². The van der Waals surface area contributed by atoms with Crippen LogP contribution in [0.2, 0.25) is 0 Å². The monoisotopic (exact) mass is 301 g/mol. The summed E-state index contributed by atoms with van der Waals surface area (Å²) in [4.78, 5) is 12.6. The maximum absolute atomic E-state index is 12.9. The molecule has 0 radical (unpaired) electrons. The minimum absolute atomic E-state index is 0.0581. The second kappa shape index (κ2) is 6.51. The number of carbonyl (C=O) groups is 1. The van der Waals surface area contributed by atoms with Crippen LogP contribution in [0, 0.1) is 5.82 Å². The quantitative estimate of drug-likeness (QED) is 0.469. The Balaban J connectivity index is 3.32. The number of hydrogen-bond acceptors (Lipinski definition) is 5. The van der Waals surface area contributed by atoms with Gasteiger partial charge in [0.1, 0.15) is 5.82 Å². The molecule has 0 atom stereocenters. The number of rotatable bonds is 5. The molecule has 0 saturated heterocycles. The van der Waals surface area contributed by atoms with Crippen molar-refractivity contribution < 1.29 is 22.3 Å². The number of hydrogen-bond donors (Lipinski definition) is 0. The zero-order valence-electron chi connectivity index (χ0n) is 11.5. The third kappa shape index (κ3) is 3.80. The van der Waals surface area contributed by atoms with Gasteiger partial charge in [-0.3, -0.25) is 0 Å². The van der Waals surface area contributed by atoms with Crippen molar-refractivity contribution in [2.45, 2.75) is 11.8 Å². The summed E-state index contributed by atoms with van der Waals surface area (Å²) in [5, 5.41) is 0. The van der Waals surface area contributed by atoms with Crippen LogP contribution >= 0.6 is 0 Å². The van der Waals surface area contributed by atoms with Crippen molar-refractivity contribution in [3.05, 3.63) is 41.2 Å². The first kappa shape index (κ1) is 16.2. The van der Waals surface area contributed by atoms with Crippen LogP contribution in [-0.4, -0.2) is 40.0 Å². The van der Waals surface area contributed by atoms with E-state index in [9.17, 15) is 17.6 Å². The first-order valence-corrected chi connectivity index (χ1v) is 7.33. The fraction of sp³-hybridized carbons (Fsp3) is 0.308. The normalized spacial score (nSPS) is 12.1. The Bertz CT molecular complexity index is 606. The average molecular weight is 301 g/mol. The van der Waals surface area contributed by atoms with Crippen LogP contribution in [-0.2, 0) is 19.4 Å². The number of sulfone groups is 1. The van der Waals surface area contributed by atoms with Gasteiger partial charge < -0.3 is 9.64 Å². The standard InChI is InChI=1S/C13H16FNO4S/c1-4-19-13(16)12(9-15(2)3)20(17,18)11-7-5-10(14)6-8-11/h5-9H,4H2,1-3H3. The topological polar surface area (TPSA) is 63.7 Å². The van der Waals surface area contributed by atoms with Gasteiger partial charge in [0.05, 0.1) is 11.5 Å². The molecule has 0 fully saturated rings. The summed E-state index contributed by atoms with van der Waals surface area (Å²) in [6, 6.07) is 4.25. The highest BCUT2D eigenvalue weighted by Crippen LogP contribution is 2.21. The molecule has 0 bridgehead atoms. The number of carbonyl (C=O) groups excluding carboxylic acids is 1.